The Balaban J connectivity index is 1.84. The van der Waals surface area contributed by atoms with Crippen molar-refractivity contribution in [3.05, 3.63) is 63.5 Å². The van der Waals surface area contributed by atoms with Crippen LogP contribution in [-0.4, -0.2) is 19.5 Å². The summed E-state index contributed by atoms with van der Waals surface area (Å²) in [5, 5.41) is 9.60. The molecule has 3 rings (SSSR count). The number of carbonyl (C=O) groups is 1. The second-order valence-corrected chi connectivity index (χ2v) is 9.26. The van der Waals surface area contributed by atoms with E-state index in [-0.39, 0.29) is 6.54 Å². The van der Waals surface area contributed by atoms with Gasteiger partial charge < -0.3 is 0 Å². The van der Waals surface area contributed by atoms with Gasteiger partial charge in [0.2, 0.25) is 10.0 Å². The van der Waals surface area contributed by atoms with Crippen LogP contribution >= 0.6 is 11.3 Å². The summed E-state index contributed by atoms with van der Waals surface area (Å²) in [6.45, 7) is 5.66. The van der Waals surface area contributed by atoms with E-state index in [1.54, 1.807) is 25.4 Å². The quantitative estimate of drug-likeness (QED) is 0.448. The third kappa shape index (κ3) is 4.03. The number of aryl methyl sites for hydroxylation is 3. The molecule has 0 bridgehead atoms. The molecule has 0 saturated carbocycles. The van der Waals surface area contributed by atoms with Crippen molar-refractivity contribution < 1.29 is 18.4 Å². The summed E-state index contributed by atoms with van der Waals surface area (Å²) in [6, 6.07) is 10.9. The Morgan fingerprint density at radius 3 is 2.37 bits per heavy atom. The molecule has 3 N–H and O–H groups in total. The highest BCUT2D eigenvalue weighted by Crippen LogP contribution is 2.27. The van der Waals surface area contributed by atoms with E-state index in [9.17, 15) is 13.2 Å². The highest BCUT2D eigenvalue weighted by atomic mass is 32.2. The Kier molecular flexibility index (Phi) is 5.34. The number of hydrogen-bond donors (Lipinski definition) is 3. The zero-order valence-corrected chi connectivity index (χ0v) is 16.8. The van der Waals surface area contributed by atoms with Crippen molar-refractivity contribution >= 4 is 37.4 Å². The third-order valence-corrected chi connectivity index (χ3v) is 7.05. The van der Waals surface area contributed by atoms with Crippen LogP contribution in [0.3, 0.4) is 0 Å². The van der Waals surface area contributed by atoms with E-state index in [1.807, 2.05) is 37.3 Å². The van der Waals surface area contributed by atoms with Crippen LogP contribution in [0.15, 0.2) is 41.3 Å². The molecule has 3 aromatic rings. The maximum atomic E-state index is 12.8. The first-order valence-electron chi connectivity index (χ1n) is 8.25. The van der Waals surface area contributed by atoms with Crippen LogP contribution in [0.4, 0.5) is 0 Å². The van der Waals surface area contributed by atoms with Gasteiger partial charge in [0.15, 0.2) is 0 Å². The number of rotatable bonds is 5. The zero-order chi connectivity index (χ0) is 19.8. The van der Waals surface area contributed by atoms with Crippen molar-refractivity contribution in [3.63, 3.8) is 0 Å². The number of hydrogen-bond acceptors (Lipinski definition) is 5. The van der Waals surface area contributed by atoms with Crippen LogP contribution in [0.25, 0.3) is 10.1 Å². The first-order chi connectivity index (χ1) is 12.7. The molecule has 0 unspecified atom stereocenters. The molecule has 0 saturated heterocycles. The predicted octanol–water partition coefficient (Wildman–Crippen LogP) is 3.42. The third-order valence-electron chi connectivity index (χ3n) is 4.25. The molecule has 1 aromatic heterocycles. The number of benzene rings is 2. The molecule has 0 aliphatic rings. The highest BCUT2D eigenvalue weighted by molar-refractivity contribution is 7.89. The Hall–Kier alpha value is -2.26. The number of hydroxylamine groups is 1. The fraction of sp³-hybridized carbons (Fsp3) is 0.211. The molecule has 0 aliphatic carbocycles. The second-order valence-electron chi connectivity index (χ2n) is 6.48. The summed E-state index contributed by atoms with van der Waals surface area (Å²) < 4.78 is 29.0. The van der Waals surface area contributed by atoms with E-state index in [2.05, 4.69) is 4.72 Å². The van der Waals surface area contributed by atoms with Gasteiger partial charge in [0.25, 0.3) is 5.91 Å². The maximum Gasteiger partial charge on any atom is 0.284 e. The van der Waals surface area contributed by atoms with Crippen LogP contribution in [0.1, 0.15) is 31.9 Å². The van der Waals surface area contributed by atoms with Gasteiger partial charge >= 0.3 is 0 Å². The summed E-state index contributed by atoms with van der Waals surface area (Å²) >= 11 is 1.23. The minimum atomic E-state index is -3.65. The van der Waals surface area contributed by atoms with Gasteiger partial charge in [-0.2, -0.15) is 0 Å². The van der Waals surface area contributed by atoms with E-state index in [0.717, 1.165) is 21.2 Å². The van der Waals surface area contributed by atoms with Crippen molar-refractivity contribution in [1.29, 1.82) is 0 Å². The van der Waals surface area contributed by atoms with Crippen LogP contribution < -0.4 is 10.2 Å². The van der Waals surface area contributed by atoms with E-state index in [1.165, 1.54) is 11.3 Å². The fourth-order valence-electron chi connectivity index (χ4n) is 3.19. The lowest BCUT2D eigenvalue weighted by molar-refractivity contribution is 0.0711. The molecule has 0 spiro atoms. The molecule has 142 valence electrons. The minimum absolute atomic E-state index is 0.143. The van der Waals surface area contributed by atoms with Crippen molar-refractivity contribution in [1.82, 2.24) is 10.2 Å². The predicted molar refractivity (Wildman–Crippen MR) is 106 cm³/mol. The largest absolute Gasteiger partial charge is 0.288 e. The highest BCUT2D eigenvalue weighted by Gasteiger charge is 2.19. The fourth-order valence-corrected chi connectivity index (χ4v) is 5.68. The number of sulfonamides is 1. The van der Waals surface area contributed by atoms with Gasteiger partial charge in [-0.15, -0.1) is 11.3 Å². The van der Waals surface area contributed by atoms with Gasteiger partial charge in [-0.3, -0.25) is 10.0 Å². The number of carbonyl (C=O) groups excluding carboxylic acids is 1. The van der Waals surface area contributed by atoms with Crippen LogP contribution in [-0.2, 0) is 16.6 Å². The maximum absolute atomic E-state index is 12.8. The minimum Gasteiger partial charge on any atom is -0.288 e. The molecular formula is C19H20N2O4S2. The van der Waals surface area contributed by atoms with Gasteiger partial charge in [-0.1, -0.05) is 29.8 Å². The summed E-state index contributed by atoms with van der Waals surface area (Å²) in [7, 11) is -3.65. The van der Waals surface area contributed by atoms with E-state index >= 15 is 0 Å². The smallest absolute Gasteiger partial charge is 0.284 e. The number of nitrogens with one attached hydrogen (secondary N) is 2. The molecular weight excluding hydrogens is 384 g/mol. The Bertz CT molecular complexity index is 1110. The van der Waals surface area contributed by atoms with Crippen molar-refractivity contribution in [2.75, 3.05) is 0 Å². The Labute approximate surface area is 161 Å². The summed E-state index contributed by atoms with van der Waals surface area (Å²) in [6.07, 6.45) is 0. The van der Waals surface area contributed by atoms with Crippen molar-refractivity contribution in [2.24, 2.45) is 0 Å². The Morgan fingerprint density at radius 2 is 1.74 bits per heavy atom. The second kappa shape index (κ2) is 7.40. The normalized spacial score (nSPS) is 11.7. The standard InChI is InChI=1S/C19H20N2O4S2/c1-11-6-12(2)18(13(3)7-11)27(24,25)20-10-14-4-5-15-9-17(19(22)21-23)26-16(15)8-14/h4-9,20,23H,10H2,1-3H3,(H,21,22). The molecule has 1 heterocycles. The van der Waals surface area contributed by atoms with Crippen molar-refractivity contribution in [2.45, 2.75) is 32.2 Å². The van der Waals surface area contributed by atoms with Gasteiger partial charge in [0.05, 0.1) is 9.77 Å². The van der Waals surface area contributed by atoms with Crippen LogP contribution in [0.2, 0.25) is 0 Å². The molecule has 0 aliphatic heterocycles. The first kappa shape index (κ1) is 19.5. The average molecular weight is 405 g/mol. The molecule has 8 heteroatoms. The number of fused-ring (bicyclic) bond motifs is 1. The molecule has 0 fully saturated rings. The van der Waals surface area contributed by atoms with E-state index in [4.69, 9.17) is 5.21 Å². The summed E-state index contributed by atoms with van der Waals surface area (Å²) in [5.74, 6) is -0.566. The molecule has 0 radical (unpaired) electrons. The summed E-state index contributed by atoms with van der Waals surface area (Å²) in [4.78, 5) is 12.2. The monoisotopic (exact) mass is 404 g/mol. The SMILES string of the molecule is Cc1cc(C)c(S(=O)(=O)NCc2ccc3cc(C(=O)NO)sc3c2)c(C)c1. The molecule has 0 atom stereocenters. The van der Waals surface area contributed by atoms with Gasteiger partial charge in [-0.25, -0.2) is 18.6 Å². The van der Waals surface area contributed by atoms with Crippen molar-refractivity contribution in [3.8, 4) is 0 Å². The zero-order valence-electron chi connectivity index (χ0n) is 15.2. The average Bonchev–Trinajstić information content (AvgIpc) is 3.01. The topological polar surface area (TPSA) is 95.5 Å². The molecule has 6 nitrogen and oxygen atoms in total. The molecule has 2 aromatic carbocycles. The van der Waals surface area contributed by atoms with Gasteiger partial charge in [0, 0.05) is 11.2 Å². The number of thiophene rings is 1. The van der Waals surface area contributed by atoms with Gasteiger partial charge in [0.1, 0.15) is 0 Å². The first-order valence-corrected chi connectivity index (χ1v) is 10.6. The molecule has 27 heavy (non-hydrogen) atoms. The van der Waals surface area contributed by atoms with Crippen LogP contribution in [0, 0.1) is 20.8 Å². The van der Waals surface area contributed by atoms with Crippen LogP contribution in [0.5, 0.6) is 0 Å². The summed E-state index contributed by atoms with van der Waals surface area (Å²) in [5.41, 5.74) is 4.85. The lowest BCUT2D eigenvalue weighted by Crippen LogP contribution is -2.24. The van der Waals surface area contributed by atoms with E-state index in [0.29, 0.717) is 20.9 Å². The number of amides is 1. The lowest BCUT2D eigenvalue weighted by atomic mass is 10.1. The molecule has 1 amide bonds. The lowest BCUT2D eigenvalue weighted by Gasteiger charge is -2.13. The Morgan fingerprint density at radius 1 is 1.07 bits per heavy atom. The van der Waals surface area contributed by atoms with Gasteiger partial charge in [-0.05, 0) is 55.0 Å². The van der Waals surface area contributed by atoms with E-state index < -0.39 is 15.9 Å².